The van der Waals surface area contributed by atoms with Crippen molar-refractivity contribution < 1.29 is 5.11 Å². The summed E-state index contributed by atoms with van der Waals surface area (Å²) in [5, 5.41) is 9.81. The minimum absolute atomic E-state index is 0.109. The molecule has 1 aromatic rings. The first-order valence-electron chi connectivity index (χ1n) is 4.81. The average Bonchev–Trinajstić information content (AvgIpc) is 2.20. The molecule has 0 aromatic heterocycles. The number of rotatable bonds is 4. The van der Waals surface area contributed by atoms with Gasteiger partial charge in [-0.2, -0.15) is 0 Å². The summed E-state index contributed by atoms with van der Waals surface area (Å²) in [7, 11) is 0. The molecule has 3 N–H and O–H groups in total. The van der Waals surface area contributed by atoms with E-state index in [-0.39, 0.29) is 18.6 Å². The van der Waals surface area contributed by atoms with Crippen molar-refractivity contribution in [3.63, 3.8) is 0 Å². The van der Waals surface area contributed by atoms with E-state index in [4.69, 9.17) is 22.4 Å². The van der Waals surface area contributed by atoms with Crippen LogP contribution >= 0.6 is 11.6 Å². The number of aliphatic hydroxyl groups is 1. The Hall–Kier alpha value is -0.570. The van der Waals surface area contributed by atoms with E-state index in [1.807, 2.05) is 31.2 Å². The van der Waals surface area contributed by atoms with Crippen LogP contribution in [0.25, 0.3) is 0 Å². The molecule has 0 spiro atoms. The van der Waals surface area contributed by atoms with Gasteiger partial charge in [-0.15, -0.1) is 0 Å². The van der Waals surface area contributed by atoms with E-state index in [0.29, 0.717) is 5.02 Å². The molecule has 0 aliphatic heterocycles. The fourth-order valence-electron chi connectivity index (χ4n) is 1.45. The monoisotopic (exact) mass is 213 g/mol. The highest BCUT2D eigenvalue weighted by Crippen LogP contribution is 2.23. The van der Waals surface area contributed by atoms with E-state index in [9.17, 15) is 0 Å². The minimum Gasteiger partial charge on any atom is -0.396 e. The van der Waals surface area contributed by atoms with Gasteiger partial charge in [-0.05, 0) is 24.1 Å². The first kappa shape index (κ1) is 11.5. The molecule has 78 valence electrons. The molecule has 0 bridgehead atoms. The predicted octanol–water partition coefficient (Wildman–Crippen LogP) is 2.36. The molecule has 1 rings (SSSR count). The second-order valence-corrected chi connectivity index (χ2v) is 3.86. The Labute approximate surface area is 89.7 Å². The first-order chi connectivity index (χ1) is 6.69. The van der Waals surface area contributed by atoms with Gasteiger partial charge in [0.05, 0.1) is 0 Å². The van der Waals surface area contributed by atoms with Crippen molar-refractivity contribution in [2.45, 2.75) is 19.4 Å². The van der Waals surface area contributed by atoms with Crippen molar-refractivity contribution in [3.8, 4) is 0 Å². The van der Waals surface area contributed by atoms with Gasteiger partial charge in [0.1, 0.15) is 0 Å². The van der Waals surface area contributed by atoms with Crippen LogP contribution in [0.2, 0.25) is 5.02 Å². The van der Waals surface area contributed by atoms with Crippen LogP contribution in [0, 0.1) is 5.92 Å². The van der Waals surface area contributed by atoms with Crippen LogP contribution in [0.15, 0.2) is 24.3 Å². The molecule has 1 aromatic carbocycles. The Kier molecular flexibility index (Phi) is 4.39. The van der Waals surface area contributed by atoms with Crippen LogP contribution in [0.3, 0.4) is 0 Å². The number of hydrogen-bond acceptors (Lipinski definition) is 2. The van der Waals surface area contributed by atoms with Crippen LogP contribution in [0.1, 0.15) is 24.9 Å². The standard InChI is InChI=1S/C11H16ClNO/c1-2-8(7-14)11(13)9-3-5-10(12)6-4-9/h3-6,8,11,14H,2,7,13H2,1H3. The third-order valence-corrected chi connectivity index (χ3v) is 2.77. The average molecular weight is 214 g/mol. The molecule has 2 atom stereocenters. The zero-order valence-electron chi connectivity index (χ0n) is 8.28. The lowest BCUT2D eigenvalue weighted by Gasteiger charge is -2.20. The van der Waals surface area contributed by atoms with Crippen molar-refractivity contribution in [3.05, 3.63) is 34.9 Å². The van der Waals surface area contributed by atoms with Crippen molar-refractivity contribution in [2.75, 3.05) is 6.61 Å². The summed E-state index contributed by atoms with van der Waals surface area (Å²) in [5.41, 5.74) is 7.03. The number of benzene rings is 1. The van der Waals surface area contributed by atoms with Crippen molar-refractivity contribution in [1.82, 2.24) is 0 Å². The third-order valence-electron chi connectivity index (χ3n) is 2.52. The number of nitrogens with two attached hydrogens (primary N) is 1. The van der Waals surface area contributed by atoms with Gasteiger partial charge in [0.15, 0.2) is 0 Å². The molecule has 3 heteroatoms. The minimum atomic E-state index is -0.109. The van der Waals surface area contributed by atoms with Crippen molar-refractivity contribution >= 4 is 11.6 Å². The van der Waals surface area contributed by atoms with E-state index >= 15 is 0 Å². The van der Waals surface area contributed by atoms with Crippen LogP contribution in [-0.4, -0.2) is 11.7 Å². The van der Waals surface area contributed by atoms with Crippen LogP contribution in [0.5, 0.6) is 0 Å². The van der Waals surface area contributed by atoms with Crippen molar-refractivity contribution in [2.24, 2.45) is 11.7 Å². The SMILES string of the molecule is CCC(CO)C(N)c1ccc(Cl)cc1. The Morgan fingerprint density at radius 2 is 1.93 bits per heavy atom. The third kappa shape index (κ3) is 2.71. The summed E-state index contributed by atoms with van der Waals surface area (Å²) in [6.45, 7) is 2.15. The Morgan fingerprint density at radius 1 is 1.36 bits per heavy atom. The Bertz CT molecular complexity index is 269. The summed E-state index contributed by atoms with van der Waals surface area (Å²) in [6.07, 6.45) is 0.875. The predicted molar refractivity (Wildman–Crippen MR) is 59.2 cm³/mol. The molecule has 0 aliphatic carbocycles. The van der Waals surface area contributed by atoms with Crippen molar-refractivity contribution in [1.29, 1.82) is 0 Å². The first-order valence-corrected chi connectivity index (χ1v) is 5.18. The van der Waals surface area contributed by atoms with Gasteiger partial charge in [-0.25, -0.2) is 0 Å². The van der Waals surface area contributed by atoms with Gasteiger partial charge < -0.3 is 10.8 Å². The van der Waals surface area contributed by atoms with Crippen LogP contribution in [-0.2, 0) is 0 Å². The molecule has 0 saturated carbocycles. The number of hydrogen-bond donors (Lipinski definition) is 2. The summed E-state index contributed by atoms with van der Waals surface area (Å²) >= 11 is 5.77. The molecule has 2 unspecified atom stereocenters. The molecular formula is C11H16ClNO. The maximum atomic E-state index is 9.11. The Balaban J connectivity index is 2.77. The fraction of sp³-hybridized carbons (Fsp3) is 0.455. The highest BCUT2D eigenvalue weighted by molar-refractivity contribution is 6.30. The molecule has 0 saturated heterocycles. The number of halogens is 1. The molecule has 0 amide bonds. The molecule has 0 aliphatic rings. The summed E-state index contributed by atoms with van der Waals surface area (Å²) in [4.78, 5) is 0. The lowest BCUT2D eigenvalue weighted by molar-refractivity contribution is 0.200. The van der Waals surface area contributed by atoms with Gasteiger partial charge in [0.25, 0.3) is 0 Å². The Morgan fingerprint density at radius 3 is 2.36 bits per heavy atom. The second-order valence-electron chi connectivity index (χ2n) is 3.43. The molecule has 0 radical (unpaired) electrons. The zero-order chi connectivity index (χ0) is 10.6. The maximum Gasteiger partial charge on any atom is 0.0477 e. The lowest BCUT2D eigenvalue weighted by atomic mass is 9.92. The summed E-state index contributed by atoms with van der Waals surface area (Å²) in [5.74, 6) is 0.121. The van der Waals surface area contributed by atoms with Gasteiger partial charge in [-0.1, -0.05) is 30.7 Å². The highest BCUT2D eigenvalue weighted by Gasteiger charge is 2.16. The molecule has 14 heavy (non-hydrogen) atoms. The van der Waals surface area contributed by atoms with E-state index in [0.717, 1.165) is 12.0 Å². The largest absolute Gasteiger partial charge is 0.396 e. The maximum absolute atomic E-state index is 9.11. The fourth-order valence-corrected chi connectivity index (χ4v) is 1.58. The second kappa shape index (κ2) is 5.35. The van der Waals surface area contributed by atoms with Gasteiger partial charge >= 0.3 is 0 Å². The zero-order valence-corrected chi connectivity index (χ0v) is 9.04. The molecule has 2 nitrogen and oxygen atoms in total. The normalized spacial score (nSPS) is 15.1. The van der Waals surface area contributed by atoms with Gasteiger partial charge in [0, 0.05) is 23.6 Å². The van der Waals surface area contributed by atoms with E-state index in [1.165, 1.54) is 0 Å². The summed E-state index contributed by atoms with van der Waals surface area (Å²) < 4.78 is 0. The topological polar surface area (TPSA) is 46.2 Å². The highest BCUT2D eigenvalue weighted by atomic mass is 35.5. The number of aliphatic hydroxyl groups excluding tert-OH is 1. The molecule has 0 fully saturated rings. The van der Waals surface area contributed by atoms with E-state index in [1.54, 1.807) is 0 Å². The van der Waals surface area contributed by atoms with Gasteiger partial charge in [-0.3, -0.25) is 0 Å². The van der Waals surface area contributed by atoms with E-state index in [2.05, 4.69) is 0 Å². The van der Waals surface area contributed by atoms with Gasteiger partial charge in [0.2, 0.25) is 0 Å². The van der Waals surface area contributed by atoms with Crippen LogP contribution in [0.4, 0.5) is 0 Å². The quantitative estimate of drug-likeness (QED) is 0.807. The molecular weight excluding hydrogens is 198 g/mol. The van der Waals surface area contributed by atoms with E-state index < -0.39 is 0 Å². The lowest BCUT2D eigenvalue weighted by Crippen LogP contribution is -2.23. The summed E-state index contributed by atoms with van der Waals surface area (Å²) in [6, 6.07) is 7.35. The smallest absolute Gasteiger partial charge is 0.0477 e. The van der Waals surface area contributed by atoms with Crippen LogP contribution < -0.4 is 5.73 Å². The molecule has 0 heterocycles.